The Kier molecular flexibility index (Phi) is 4.36. The molecular formula is C20H22N4O2S. The first kappa shape index (κ1) is 17.9. The molecule has 2 N–H and O–H groups in total. The van der Waals surface area contributed by atoms with Crippen molar-refractivity contribution in [1.29, 1.82) is 0 Å². The van der Waals surface area contributed by atoms with Crippen molar-refractivity contribution < 1.29 is 8.42 Å². The molecule has 3 aromatic rings. The highest BCUT2D eigenvalue weighted by molar-refractivity contribution is 7.89. The lowest BCUT2D eigenvalue weighted by Gasteiger charge is -2.26. The van der Waals surface area contributed by atoms with E-state index in [4.69, 9.17) is 5.73 Å². The number of anilines is 1. The van der Waals surface area contributed by atoms with E-state index < -0.39 is 10.0 Å². The highest BCUT2D eigenvalue weighted by Gasteiger charge is 2.38. The van der Waals surface area contributed by atoms with E-state index in [-0.39, 0.29) is 18.0 Å². The molecule has 1 aliphatic rings. The number of rotatable bonds is 3. The van der Waals surface area contributed by atoms with Crippen LogP contribution in [0.4, 0.5) is 5.95 Å². The molecule has 0 bridgehead atoms. The SMILES string of the molecule is CC1CCC(C)N1S(=O)(=O)c1ccccc1-c1ccc2nc(N)ncc2c1. The van der Waals surface area contributed by atoms with Gasteiger partial charge >= 0.3 is 0 Å². The third-order valence-electron chi connectivity index (χ3n) is 5.22. The summed E-state index contributed by atoms with van der Waals surface area (Å²) in [5, 5.41) is 0.816. The number of benzene rings is 2. The highest BCUT2D eigenvalue weighted by atomic mass is 32.2. The molecule has 0 spiro atoms. The summed E-state index contributed by atoms with van der Waals surface area (Å²) in [5.41, 5.74) is 7.87. The molecule has 27 heavy (non-hydrogen) atoms. The number of nitrogens with zero attached hydrogens (tertiary/aromatic N) is 3. The molecule has 7 heteroatoms. The topological polar surface area (TPSA) is 89.2 Å². The van der Waals surface area contributed by atoms with Crippen molar-refractivity contribution >= 4 is 26.9 Å². The zero-order valence-corrected chi connectivity index (χ0v) is 16.1. The van der Waals surface area contributed by atoms with Crippen molar-refractivity contribution in [2.75, 3.05) is 5.73 Å². The molecule has 0 aliphatic carbocycles. The molecule has 1 aliphatic heterocycles. The second-order valence-corrected chi connectivity index (χ2v) is 8.92. The second kappa shape index (κ2) is 6.58. The fourth-order valence-electron chi connectivity index (χ4n) is 3.90. The predicted octanol–water partition coefficient (Wildman–Crippen LogP) is 3.44. The van der Waals surface area contributed by atoms with Crippen LogP contribution in [0.1, 0.15) is 26.7 Å². The summed E-state index contributed by atoms with van der Waals surface area (Å²) in [6, 6.07) is 12.8. The molecule has 2 unspecified atom stereocenters. The summed E-state index contributed by atoms with van der Waals surface area (Å²) in [7, 11) is -3.59. The zero-order valence-electron chi connectivity index (χ0n) is 15.3. The van der Waals surface area contributed by atoms with Crippen LogP contribution in [0.2, 0.25) is 0 Å². The van der Waals surface area contributed by atoms with Crippen LogP contribution >= 0.6 is 0 Å². The Hall–Kier alpha value is -2.51. The Morgan fingerprint density at radius 1 is 1.07 bits per heavy atom. The summed E-state index contributed by atoms with van der Waals surface area (Å²) >= 11 is 0. The van der Waals surface area contributed by atoms with Crippen molar-refractivity contribution in [3.63, 3.8) is 0 Å². The highest BCUT2D eigenvalue weighted by Crippen LogP contribution is 2.36. The van der Waals surface area contributed by atoms with E-state index >= 15 is 0 Å². The van der Waals surface area contributed by atoms with Gasteiger partial charge < -0.3 is 5.73 Å². The molecule has 0 amide bonds. The van der Waals surface area contributed by atoms with E-state index in [9.17, 15) is 8.42 Å². The zero-order chi connectivity index (χ0) is 19.2. The molecule has 1 aromatic heterocycles. The molecular weight excluding hydrogens is 360 g/mol. The first-order valence-electron chi connectivity index (χ1n) is 9.03. The van der Waals surface area contributed by atoms with Crippen LogP contribution in [0.3, 0.4) is 0 Å². The molecule has 0 saturated carbocycles. The van der Waals surface area contributed by atoms with Crippen molar-refractivity contribution in [2.24, 2.45) is 0 Å². The lowest BCUT2D eigenvalue weighted by atomic mass is 10.0. The summed E-state index contributed by atoms with van der Waals surface area (Å²) in [6.07, 6.45) is 3.43. The fourth-order valence-corrected chi connectivity index (χ4v) is 6.00. The Morgan fingerprint density at radius 2 is 1.78 bits per heavy atom. The van der Waals surface area contributed by atoms with Crippen LogP contribution in [-0.2, 0) is 10.0 Å². The molecule has 2 heterocycles. The van der Waals surface area contributed by atoms with Crippen LogP contribution in [0, 0.1) is 0 Å². The molecule has 4 rings (SSSR count). The first-order chi connectivity index (χ1) is 12.9. The van der Waals surface area contributed by atoms with Crippen LogP contribution in [0.15, 0.2) is 53.6 Å². The lowest BCUT2D eigenvalue weighted by Crippen LogP contribution is -2.38. The van der Waals surface area contributed by atoms with Crippen LogP contribution in [0.5, 0.6) is 0 Å². The fraction of sp³-hybridized carbons (Fsp3) is 0.300. The van der Waals surface area contributed by atoms with Gasteiger partial charge in [-0.05, 0) is 50.5 Å². The smallest absolute Gasteiger partial charge is 0.244 e. The Labute approximate surface area is 159 Å². The number of fused-ring (bicyclic) bond motifs is 1. The summed E-state index contributed by atoms with van der Waals surface area (Å²) in [5.74, 6) is 0.218. The van der Waals surface area contributed by atoms with E-state index in [0.717, 1.165) is 29.3 Å². The minimum atomic E-state index is -3.59. The van der Waals surface area contributed by atoms with Gasteiger partial charge in [-0.15, -0.1) is 0 Å². The average Bonchev–Trinajstić information content (AvgIpc) is 3.00. The maximum atomic E-state index is 13.4. The van der Waals surface area contributed by atoms with Crippen molar-refractivity contribution in [1.82, 2.24) is 14.3 Å². The number of hydrogen-bond donors (Lipinski definition) is 1. The average molecular weight is 382 g/mol. The summed E-state index contributed by atoms with van der Waals surface area (Å²) < 4.78 is 28.5. The number of aromatic nitrogens is 2. The van der Waals surface area contributed by atoms with Gasteiger partial charge in [-0.1, -0.05) is 24.3 Å². The van der Waals surface area contributed by atoms with Crippen LogP contribution in [-0.4, -0.2) is 34.8 Å². The van der Waals surface area contributed by atoms with Gasteiger partial charge in [0, 0.05) is 29.2 Å². The third kappa shape index (κ3) is 3.07. The Bertz CT molecular complexity index is 1100. The van der Waals surface area contributed by atoms with Crippen molar-refractivity contribution in [3.8, 4) is 11.1 Å². The third-order valence-corrected chi connectivity index (χ3v) is 7.41. The van der Waals surface area contributed by atoms with Gasteiger partial charge in [-0.3, -0.25) is 0 Å². The largest absolute Gasteiger partial charge is 0.368 e. The van der Waals surface area contributed by atoms with E-state index in [0.29, 0.717) is 10.5 Å². The molecule has 2 atom stereocenters. The minimum Gasteiger partial charge on any atom is -0.368 e. The minimum absolute atomic E-state index is 0.00559. The first-order valence-corrected chi connectivity index (χ1v) is 10.5. The number of sulfonamides is 1. The molecule has 140 valence electrons. The van der Waals surface area contributed by atoms with Gasteiger partial charge in [-0.25, -0.2) is 18.4 Å². The van der Waals surface area contributed by atoms with Gasteiger partial charge in [0.05, 0.1) is 10.4 Å². The van der Waals surface area contributed by atoms with Crippen molar-refractivity contribution in [3.05, 3.63) is 48.7 Å². The Morgan fingerprint density at radius 3 is 2.52 bits per heavy atom. The maximum Gasteiger partial charge on any atom is 0.244 e. The summed E-state index contributed by atoms with van der Waals surface area (Å²) in [4.78, 5) is 8.58. The lowest BCUT2D eigenvalue weighted by molar-refractivity contribution is 0.350. The van der Waals surface area contributed by atoms with Gasteiger partial charge in [0.2, 0.25) is 16.0 Å². The van der Waals surface area contributed by atoms with Gasteiger partial charge in [-0.2, -0.15) is 4.31 Å². The molecule has 1 saturated heterocycles. The Balaban J connectivity index is 1.86. The quantitative estimate of drug-likeness (QED) is 0.749. The van der Waals surface area contributed by atoms with Gasteiger partial charge in [0.15, 0.2) is 0 Å². The normalized spacial score (nSPS) is 21.0. The second-order valence-electron chi connectivity index (χ2n) is 7.11. The molecule has 0 radical (unpaired) electrons. The molecule has 1 fully saturated rings. The van der Waals surface area contributed by atoms with Crippen molar-refractivity contribution in [2.45, 2.75) is 43.7 Å². The maximum absolute atomic E-state index is 13.4. The molecule has 6 nitrogen and oxygen atoms in total. The predicted molar refractivity (Wildman–Crippen MR) is 107 cm³/mol. The monoisotopic (exact) mass is 382 g/mol. The number of hydrogen-bond acceptors (Lipinski definition) is 5. The molecule has 2 aromatic carbocycles. The van der Waals surface area contributed by atoms with E-state index in [1.54, 1.807) is 22.6 Å². The van der Waals surface area contributed by atoms with Crippen LogP contribution < -0.4 is 5.73 Å². The standard InChI is InChI=1S/C20H22N4O2S/c1-13-7-8-14(2)24(13)27(25,26)19-6-4-3-5-17(19)15-9-10-18-16(11-15)12-22-20(21)23-18/h3-6,9-14H,7-8H2,1-2H3,(H2,21,22,23). The van der Waals surface area contributed by atoms with Gasteiger partial charge in [0.25, 0.3) is 0 Å². The summed E-state index contributed by atoms with van der Waals surface area (Å²) in [6.45, 7) is 3.95. The van der Waals surface area contributed by atoms with E-state index in [1.807, 2.05) is 44.2 Å². The number of nitrogens with two attached hydrogens (primary N) is 1. The van der Waals surface area contributed by atoms with E-state index in [1.165, 1.54) is 0 Å². The van der Waals surface area contributed by atoms with Gasteiger partial charge in [0.1, 0.15) is 0 Å². The van der Waals surface area contributed by atoms with Crippen LogP contribution in [0.25, 0.3) is 22.0 Å². The number of nitrogen functional groups attached to an aromatic ring is 1. The van der Waals surface area contributed by atoms with E-state index in [2.05, 4.69) is 9.97 Å².